The van der Waals surface area contributed by atoms with E-state index in [-0.39, 0.29) is 0 Å². The molecule has 0 rings (SSSR count). The van der Waals surface area contributed by atoms with Crippen LogP contribution in [0.3, 0.4) is 0 Å². The first-order valence-corrected chi connectivity index (χ1v) is 3.65. The van der Waals surface area contributed by atoms with E-state index in [1.165, 1.54) is 0 Å². The van der Waals surface area contributed by atoms with Gasteiger partial charge >= 0.3 is 26.5 Å². The van der Waals surface area contributed by atoms with Crippen molar-refractivity contribution >= 4 is 0 Å². The summed E-state index contributed by atoms with van der Waals surface area (Å²) in [6.07, 6.45) is 0. The van der Waals surface area contributed by atoms with Crippen LogP contribution in [0.4, 0.5) is 0 Å². The molecule has 55 valence electrons. The maximum atomic E-state index is 8.61. The zero-order valence-corrected chi connectivity index (χ0v) is 7.27. The van der Waals surface area contributed by atoms with Crippen molar-refractivity contribution in [2.45, 2.75) is 26.4 Å². The minimum atomic E-state index is -1.75. The van der Waals surface area contributed by atoms with E-state index < -0.39 is 25.1 Å². The molecule has 0 unspecified atom stereocenters. The van der Waals surface area contributed by atoms with E-state index in [1.54, 1.807) is 20.8 Å². The molecule has 2 N–H and O–H groups in total. The Morgan fingerprint density at radius 3 is 1.56 bits per heavy atom. The van der Waals surface area contributed by atoms with Gasteiger partial charge in [0.25, 0.3) is 0 Å². The van der Waals surface area contributed by atoms with Crippen molar-refractivity contribution in [3.63, 3.8) is 0 Å². The Hall–Kier alpha value is 0.394. The monoisotopic (exact) mass is 171 g/mol. The molecule has 5 heteroatoms. The Labute approximate surface area is 63.5 Å². The third kappa shape index (κ3) is 29.8. The van der Waals surface area contributed by atoms with Crippen molar-refractivity contribution in [3.05, 3.63) is 0 Å². The number of hydrogen-bond donors (Lipinski definition) is 2. The van der Waals surface area contributed by atoms with Crippen molar-refractivity contribution in [3.8, 4) is 0 Å². The molecule has 0 bridgehead atoms. The van der Waals surface area contributed by atoms with E-state index in [2.05, 4.69) is 4.89 Å². The first-order valence-electron chi connectivity index (χ1n) is 2.31. The second kappa shape index (κ2) is 6.51. The van der Waals surface area contributed by atoms with Crippen LogP contribution in [0, 0.1) is 0 Å². The third-order valence-corrected chi connectivity index (χ3v) is 0.274. The van der Waals surface area contributed by atoms with E-state index in [4.69, 9.17) is 12.3 Å². The minimum absolute atomic E-state index is 0.403. The van der Waals surface area contributed by atoms with Crippen LogP contribution in [0.5, 0.6) is 0 Å². The van der Waals surface area contributed by atoms with Crippen molar-refractivity contribution in [2.24, 2.45) is 0 Å². The summed E-state index contributed by atoms with van der Waals surface area (Å²) in [5.74, 6) is 0. The average Bonchev–Trinajstić information content (AvgIpc) is 1.67. The van der Waals surface area contributed by atoms with E-state index in [0.717, 1.165) is 0 Å². The fourth-order valence-electron chi connectivity index (χ4n) is 0. The summed E-state index contributed by atoms with van der Waals surface area (Å²) in [4.78, 5) is 3.94. The van der Waals surface area contributed by atoms with Crippen molar-refractivity contribution < 1.29 is 36.7 Å². The van der Waals surface area contributed by atoms with Gasteiger partial charge in [0.15, 0.2) is 0 Å². The zero-order valence-electron chi connectivity index (χ0n) is 5.71. The SMILES string of the molecule is CC(C)(C)OO.[O]=[Ti][OH]. The van der Waals surface area contributed by atoms with Gasteiger partial charge in [0.05, 0.1) is 5.60 Å². The molecule has 0 fully saturated rings. The summed E-state index contributed by atoms with van der Waals surface area (Å²) in [6, 6.07) is 0. The van der Waals surface area contributed by atoms with E-state index in [1.807, 2.05) is 0 Å². The van der Waals surface area contributed by atoms with Crippen LogP contribution in [-0.2, 0) is 27.7 Å². The van der Waals surface area contributed by atoms with Gasteiger partial charge in [0.1, 0.15) is 0 Å². The molecule has 0 radical (unpaired) electrons. The molecule has 0 aromatic heterocycles. The van der Waals surface area contributed by atoms with Crippen molar-refractivity contribution in [1.82, 2.24) is 0 Å². The van der Waals surface area contributed by atoms with Gasteiger partial charge in [-0.25, -0.2) is 4.89 Å². The maximum absolute atomic E-state index is 8.61. The predicted octanol–water partition coefficient (Wildman–Crippen LogP) is 0.596. The molecule has 0 heterocycles. The van der Waals surface area contributed by atoms with Crippen LogP contribution in [0.15, 0.2) is 0 Å². The van der Waals surface area contributed by atoms with Gasteiger partial charge in [-0.2, -0.15) is 0 Å². The molecule has 0 saturated heterocycles. The molecule has 0 aliphatic rings. The van der Waals surface area contributed by atoms with Gasteiger partial charge in [-0.15, -0.1) is 0 Å². The topological polar surface area (TPSA) is 66.8 Å². The van der Waals surface area contributed by atoms with Gasteiger partial charge in [-0.1, -0.05) is 0 Å². The summed E-state index contributed by atoms with van der Waals surface area (Å²) in [5, 5.41) is 7.90. The molecule has 0 spiro atoms. The van der Waals surface area contributed by atoms with Crippen LogP contribution < -0.4 is 0 Å². The average molecular weight is 171 g/mol. The molecule has 0 aromatic carbocycles. The molecule has 0 aliphatic heterocycles. The Morgan fingerprint density at radius 2 is 1.56 bits per heavy atom. The summed E-state index contributed by atoms with van der Waals surface area (Å²) >= 11 is -1.75. The second-order valence-electron chi connectivity index (χ2n) is 2.29. The third-order valence-electron chi connectivity index (χ3n) is 0.274. The van der Waals surface area contributed by atoms with Gasteiger partial charge in [-0.05, 0) is 20.8 Å². The first kappa shape index (κ1) is 12.1. The summed E-state index contributed by atoms with van der Waals surface area (Å²) in [5.41, 5.74) is -0.403. The molecule has 9 heavy (non-hydrogen) atoms. The summed E-state index contributed by atoms with van der Waals surface area (Å²) in [7, 11) is 0. The Balaban J connectivity index is 0. The second-order valence-corrected chi connectivity index (χ2v) is 2.58. The Morgan fingerprint density at radius 1 is 1.44 bits per heavy atom. The Bertz CT molecular complexity index is 67.5. The van der Waals surface area contributed by atoms with Gasteiger partial charge in [0.2, 0.25) is 0 Å². The predicted molar refractivity (Wildman–Crippen MR) is 26.4 cm³/mol. The van der Waals surface area contributed by atoms with Crippen LogP contribution in [0.2, 0.25) is 0 Å². The van der Waals surface area contributed by atoms with Crippen molar-refractivity contribution in [2.75, 3.05) is 0 Å². The quantitative estimate of drug-likeness (QED) is 0.318. The molecule has 4 nitrogen and oxygen atoms in total. The normalized spacial score (nSPS) is 9.00. The molecular formula is C4H11O4Ti. The molecule has 0 amide bonds. The number of rotatable bonds is 0. The fraction of sp³-hybridized carbons (Fsp3) is 1.00. The van der Waals surface area contributed by atoms with Crippen molar-refractivity contribution in [1.29, 1.82) is 0 Å². The van der Waals surface area contributed by atoms with Crippen LogP contribution in [0.1, 0.15) is 20.8 Å². The van der Waals surface area contributed by atoms with Gasteiger partial charge in [-0.3, -0.25) is 5.26 Å². The van der Waals surface area contributed by atoms with Crippen LogP contribution >= 0.6 is 0 Å². The van der Waals surface area contributed by atoms with E-state index >= 15 is 0 Å². The van der Waals surface area contributed by atoms with Crippen LogP contribution in [-0.4, -0.2) is 14.5 Å². The molecular weight excluding hydrogens is 160 g/mol. The first-order chi connectivity index (χ1) is 3.97. The number of hydrogen-bond acceptors (Lipinski definition) is 3. The molecule has 0 aromatic rings. The molecule has 0 atom stereocenters. The van der Waals surface area contributed by atoms with E-state index in [0.29, 0.717) is 0 Å². The summed E-state index contributed by atoms with van der Waals surface area (Å²) in [6.45, 7) is 5.31. The molecule has 0 aliphatic carbocycles. The standard InChI is InChI=1S/C4H10O2.H2O.O.Ti/c1-4(2,3)6-5;;;/h5H,1-3H3;1H2;;/q;;;+1/p-1. The van der Waals surface area contributed by atoms with Gasteiger partial charge < -0.3 is 0 Å². The fourth-order valence-corrected chi connectivity index (χ4v) is 0. The van der Waals surface area contributed by atoms with E-state index in [9.17, 15) is 0 Å². The summed E-state index contributed by atoms with van der Waals surface area (Å²) < 4.78 is 15.8. The van der Waals surface area contributed by atoms with Crippen LogP contribution in [0.25, 0.3) is 0 Å². The zero-order chi connectivity index (χ0) is 7.91. The Kier molecular flexibility index (Phi) is 8.76. The molecule has 0 saturated carbocycles. The van der Waals surface area contributed by atoms with Gasteiger partial charge in [0, 0.05) is 0 Å².